The number of hydrogen-bond donors (Lipinski definition) is 0. The summed E-state index contributed by atoms with van der Waals surface area (Å²) in [5, 5.41) is 4.40. The third-order valence-corrected chi connectivity index (χ3v) is 2.37. The van der Waals surface area contributed by atoms with Gasteiger partial charge in [-0.25, -0.2) is 0 Å². The lowest BCUT2D eigenvalue weighted by Gasteiger charge is -2.19. The van der Waals surface area contributed by atoms with E-state index in [4.69, 9.17) is 4.74 Å². The van der Waals surface area contributed by atoms with Crippen LogP contribution in [0.3, 0.4) is 0 Å². The molecule has 1 aromatic rings. The maximum Gasteiger partial charge on any atom is 0.0657 e. The fourth-order valence-corrected chi connectivity index (χ4v) is 1.64. The van der Waals surface area contributed by atoms with Crippen LogP contribution in [0.4, 0.5) is 0 Å². The second-order valence-corrected chi connectivity index (χ2v) is 3.30. The van der Waals surface area contributed by atoms with Crippen LogP contribution in [0.2, 0.25) is 0 Å². The number of rotatable bonds is 1. The minimum absolute atomic E-state index is 0.625. The molecule has 0 amide bonds. The zero-order chi connectivity index (χ0) is 8.39. The highest BCUT2D eigenvalue weighted by Gasteiger charge is 2.17. The van der Waals surface area contributed by atoms with Gasteiger partial charge in [0.25, 0.3) is 0 Å². The normalized spacial score (nSPS) is 19.8. The van der Waals surface area contributed by atoms with Gasteiger partial charge < -0.3 is 4.74 Å². The number of ether oxygens (including phenoxy) is 1. The highest BCUT2D eigenvalue weighted by atomic mass is 16.5. The van der Waals surface area contributed by atoms with Gasteiger partial charge in [-0.15, -0.1) is 0 Å². The second-order valence-electron chi connectivity index (χ2n) is 3.30. The molecule has 1 aromatic heterocycles. The van der Waals surface area contributed by atoms with Crippen molar-refractivity contribution < 1.29 is 4.74 Å². The van der Waals surface area contributed by atoms with Crippen molar-refractivity contribution in [3.05, 3.63) is 18.0 Å². The zero-order valence-corrected chi connectivity index (χ0v) is 7.36. The van der Waals surface area contributed by atoms with Crippen LogP contribution in [0.5, 0.6) is 0 Å². The van der Waals surface area contributed by atoms with Gasteiger partial charge in [0.2, 0.25) is 0 Å². The largest absolute Gasteiger partial charge is 0.381 e. The average Bonchev–Trinajstić information content (AvgIpc) is 2.54. The van der Waals surface area contributed by atoms with Crippen molar-refractivity contribution in [2.24, 2.45) is 7.05 Å². The van der Waals surface area contributed by atoms with E-state index in [0.29, 0.717) is 5.92 Å². The maximum absolute atomic E-state index is 5.29. The lowest BCUT2D eigenvalue weighted by Crippen LogP contribution is -2.14. The first-order valence-electron chi connectivity index (χ1n) is 4.43. The van der Waals surface area contributed by atoms with Crippen LogP contribution in [-0.2, 0) is 11.8 Å². The van der Waals surface area contributed by atoms with E-state index in [1.165, 1.54) is 5.69 Å². The Morgan fingerprint density at radius 3 is 2.83 bits per heavy atom. The van der Waals surface area contributed by atoms with E-state index in [0.717, 1.165) is 26.1 Å². The van der Waals surface area contributed by atoms with Gasteiger partial charge in [-0.2, -0.15) is 5.10 Å². The molecule has 0 saturated carbocycles. The summed E-state index contributed by atoms with van der Waals surface area (Å²) in [4.78, 5) is 0. The Morgan fingerprint density at radius 1 is 1.50 bits per heavy atom. The molecule has 3 nitrogen and oxygen atoms in total. The van der Waals surface area contributed by atoms with Gasteiger partial charge in [-0.1, -0.05) is 0 Å². The molecule has 0 bridgehead atoms. The van der Waals surface area contributed by atoms with E-state index >= 15 is 0 Å². The Balaban J connectivity index is 2.08. The molecular formula is C9H14N2O. The van der Waals surface area contributed by atoms with Gasteiger partial charge >= 0.3 is 0 Å². The Morgan fingerprint density at radius 2 is 2.25 bits per heavy atom. The van der Waals surface area contributed by atoms with E-state index in [1.54, 1.807) is 0 Å². The fourth-order valence-electron chi connectivity index (χ4n) is 1.64. The zero-order valence-electron chi connectivity index (χ0n) is 7.36. The number of nitrogens with zero attached hydrogens (tertiary/aromatic N) is 2. The summed E-state index contributed by atoms with van der Waals surface area (Å²) in [6, 6.07) is 2.11. The third kappa shape index (κ3) is 1.50. The van der Waals surface area contributed by atoms with Crippen LogP contribution in [0, 0.1) is 0 Å². The molecule has 2 heterocycles. The van der Waals surface area contributed by atoms with Crippen LogP contribution in [0.25, 0.3) is 0 Å². The summed E-state index contributed by atoms with van der Waals surface area (Å²) in [6.45, 7) is 1.78. The highest BCUT2D eigenvalue weighted by molar-refractivity contribution is 5.06. The second kappa shape index (κ2) is 3.27. The third-order valence-electron chi connectivity index (χ3n) is 2.37. The fraction of sp³-hybridized carbons (Fsp3) is 0.667. The summed E-state index contributed by atoms with van der Waals surface area (Å²) in [6.07, 6.45) is 4.25. The van der Waals surface area contributed by atoms with E-state index < -0.39 is 0 Å². The quantitative estimate of drug-likeness (QED) is 0.629. The summed E-state index contributed by atoms with van der Waals surface area (Å²) in [5.41, 5.74) is 1.22. The van der Waals surface area contributed by atoms with Gasteiger partial charge in [0, 0.05) is 32.4 Å². The molecule has 1 fully saturated rings. The van der Waals surface area contributed by atoms with Crippen LogP contribution >= 0.6 is 0 Å². The van der Waals surface area contributed by atoms with Gasteiger partial charge in [0.1, 0.15) is 0 Å². The van der Waals surface area contributed by atoms with Crippen LogP contribution in [0.1, 0.15) is 24.5 Å². The van der Waals surface area contributed by atoms with Crippen molar-refractivity contribution in [3.8, 4) is 0 Å². The predicted molar refractivity (Wildman–Crippen MR) is 46.0 cm³/mol. The molecular weight excluding hydrogens is 152 g/mol. The lowest BCUT2D eigenvalue weighted by molar-refractivity contribution is 0.0844. The molecule has 0 radical (unpaired) electrons. The van der Waals surface area contributed by atoms with E-state index in [1.807, 2.05) is 17.9 Å². The molecule has 1 aliphatic heterocycles. The summed E-state index contributed by atoms with van der Waals surface area (Å²) in [5.74, 6) is 0.625. The number of aryl methyl sites for hydroxylation is 1. The SMILES string of the molecule is Cn1ccc(C2CCOCC2)n1. The van der Waals surface area contributed by atoms with Gasteiger partial charge in [-0.05, 0) is 18.9 Å². The van der Waals surface area contributed by atoms with E-state index in [-0.39, 0.29) is 0 Å². The Hall–Kier alpha value is -0.830. The molecule has 3 heteroatoms. The highest BCUT2D eigenvalue weighted by Crippen LogP contribution is 2.24. The predicted octanol–water partition coefficient (Wildman–Crippen LogP) is 1.31. The Kier molecular flexibility index (Phi) is 2.13. The minimum atomic E-state index is 0.625. The monoisotopic (exact) mass is 166 g/mol. The molecule has 0 spiro atoms. The topological polar surface area (TPSA) is 27.1 Å². The Labute approximate surface area is 72.3 Å². The standard InChI is InChI=1S/C9H14N2O/c1-11-5-2-9(10-11)8-3-6-12-7-4-8/h2,5,8H,3-4,6-7H2,1H3. The van der Waals surface area contributed by atoms with E-state index in [2.05, 4.69) is 11.2 Å². The number of hydrogen-bond acceptors (Lipinski definition) is 2. The van der Waals surface area contributed by atoms with Gasteiger partial charge in [0.15, 0.2) is 0 Å². The molecule has 0 aromatic carbocycles. The molecule has 0 atom stereocenters. The summed E-state index contributed by atoms with van der Waals surface area (Å²) < 4.78 is 7.16. The van der Waals surface area contributed by atoms with Crippen molar-refractivity contribution in [2.75, 3.05) is 13.2 Å². The van der Waals surface area contributed by atoms with Crippen LogP contribution in [-0.4, -0.2) is 23.0 Å². The lowest BCUT2D eigenvalue weighted by atomic mass is 9.97. The molecule has 12 heavy (non-hydrogen) atoms. The smallest absolute Gasteiger partial charge is 0.0657 e. The van der Waals surface area contributed by atoms with Crippen molar-refractivity contribution in [1.29, 1.82) is 0 Å². The molecule has 0 unspecified atom stereocenters. The molecule has 0 N–H and O–H groups in total. The minimum Gasteiger partial charge on any atom is -0.381 e. The first-order valence-corrected chi connectivity index (χ1v) is 4.43. The first kappa shape index (κ1) is 7.80. The molecule has 1 saturated heterocycles. The molecule has 66 valence electrons. The van der Waals surface area contributed by atoms with Gasteiger partial charge in [0.05, 0.1) is 5.69 Å². The van der Waals surface area contributed by atoms with Crippen LogP contribution in [0.15, 0.2) is 12.3 Å². The van der Waals surface area contributed by atoms with Crippen LogP contribution < -0.4 is 0 Å². The van der Waals surface area contributed by atoms with Gasteiger partial charge in [-0.3, -0.25) is 4.68 Å². The van der Waals surface area contributed by atoms with E-state index in [9.17, 15) is 0 Å². The molecule has 2 rings (SSSR count). The molecule has 0 aliphatic carbocycles. The van der Waals surface area contributed by atoms with Crippen molar-refractivity contribution in [1.82, 2.24) is 9.78 Å². The number of aromatic nitrogens is 2. The van der Waals surface area contributed by atoms with Crippen molar-refractivity contribution >= 4 is 0 Å². The maximum atomic E-state index is 5.29. The van der Waals surface area contributed by atoms with Crippen molar-refractivity contribution in [3.63, 3.8) is 0 Å². The average molecular weight is 166 g/mol. The Bertz CT molecular complexity index is 251. The first-order chi connectivity index (χ1) is 5.86. The summed E-state index contributed by atoms with van der Waals surface area (Å²) >= 11 is 0. The van der Waals surface area contributed by atoms with Crippen molar-refractivity contribution in [2.45, 2.75) is 18.8 Å². The molecule has 1 aliphatic rings. The summed E-state index contributed by atoms with van der Waals surface area (Å²) in [7, 11) is 1.96.